The van der Waals surface area contributed by atoms with Gasteiger partial charge in [-0.15, -0.1) is 11.8 Å². The number of benzene rings is 2. The number of aliphatic hydroxyl groups is 1. The number of halogens is 1. The summed E-state index contributed by atoms with van der Waals surface area (Å²) in [6, 6.07) is 16.2. The Bertz CT molecular complexity index is 540. The second-order valence-electron chi connectivity index (χ2n) is 4.81. The van der Waals surface area contributed by atoms with Gasteiger partial charge in [-0.3, -0.25) is 0 Å². The summed E-state index contributed by atoms with van der Waals surface area (Å²) in [6.07, 6.45) is 1.36. The minimum atomic E-state index is -0.291. The number of thioether (sulfide) groups is 1. The van der Waals surface area contributed by atoms with Crippen LogP contribution in [-0.4, -0.2) is 24.1 Å². The predicted molar refractivity (Wildman–Crippen MR) is 92.2 cm³/mol. The zero-order valence-electron chi connectivity index (χ0n) is 12.0. The molecular formula is C17H19BrO2S. The van der Waals surface area contributed by atoms with E-state index in [9.17, 15) is 5.11 Å². The monoisotopic (exact) mass is 366 g/mol. The molecule has 1 unspecified atom stereocenters. The van der Waals surface area contributed by atoms with Crippen LogP contribution in [0.1, 0.15) is 12.0 Å². The predicted octanol–water partition coefficient (Wildman–Crippen LogP) is 4.54. The molecule has 0 saturated carbocycles. The Morgan fingerprint density at radius 1 is 1.10 bits per heavy atom. The molecule has 0 spiro atoms. The van der Waals surface area contributed by atoms with Crippen LogP contribution >= 0.6 is 27.7 Å². The standard InChI is InChI=1S/C17H19BrO2S/c1-20-16-8-3-13(4-9-16)2-7-15(19)12-21-17-10-5-14(18)6-11-17/h3-6,8-11,15,19H,2,7,12H2,1H3. The van der Waals surface area contributed by atoms with Crippen molar-refractivity contribution in [1.82, 2.24) is 0 Å². The summed E-state index contributed by atoms with van der Waals surface area (Å²) in [5.41, 5.74) is 1.23. The van der Waals surface area contributed by atoms with Gasteiger partial charge in [-0.2, -0.15) is 0 Å². The highest BCUT2D eigenvalue weighted by molar-refractivity contribution is 9.10. The van der Waals surface area contributed by atoms with Crippen molar-refractivity contribution in [2.24, 2.45) is 0 Å². The van der Waals surface area contributed by atoms with Crippen molar-refractivity contribution in [2.75, 3.05) is 12.9 Å². The molecule has 0 amide bonds. The Morgan fingerprint density at radius 2 is 1.76 bits per heavy atom. The fourth-order valence-electron chi connectivity index (χ4n) is 1.93. The maximum atomic E-state index is 10.1. The summed E-state index contributed by atoms with van der Waals surface area (Å²) in [5.74, 6) is 1.59. The van der Waals surface area contributed by atoms with Crippen molar-refractivity contribution in [2.45, 2.75) is 23.8 Å². The normalized spacial score (nSPS) is 12.1. The number of hydrogen-bond donors (Lipinski definition) is 1. The summed E-state index contributed by atoms with van der Waals surface area (Å²) < 4.78 is 6.21. The van der Waals surface area contributed by atoms with Crippen LogP contribution in [0.25, 0.3) is 0 Å². The van der Waals surface area contributed by atoms with Crippen LogP contribution in [0.3, 0.4) is 0 Å². The molecule has 2 aromatic carbocycles. The minimum absolute atomic E-state index is 0.291. The van der Waals surface area contributed by atoms with E-state index < -0.39 is 0 Å². The number of aryl methyl sites for hydroxylation is 1. The summed E-state index contributed by atoms with van der Waals surface area (Å²) in [6.45, 7) is 0. The van der Waals surface area contributed by atoms with E-state index in [4.69, 9.17) is 4.74 Å². The van der Waals surface area contributed by atoms with Gasteiger partial charge in [-0.05, 0) is 54.8 Å². The molecule has 4 heteroatoms. The molecule has 2 aromatic rings. The number of methoxy groups -OCH3 is 1. The summed E-state index contributed by atoms with van der Waals surface area (Å²) in [4.78, 5) is 1.18. The van der Waals surface area contributed by atoms with Crippen molar-refractivity contribution in [3.63, 3.8) is 0 Å². The van der Waals surface area contributed by atoms with Gasteiger partial charge in [-0.25, -0.2) is 0 Å². The van der Waals surface area contributed by atoms with E-state index in [-0.39, 0.29) is 6.10 Å². The second kappa shape index (κ2) is 8.47. The lowest BCUT2D eigenvalue weighted by atomic mass is 10.1. The highest BCUT2D eigenvalue weighted by atomic mass is 79.9. The first-order chi connectivity index (χ1) is 10.2. The molecule has 0 aliphatic carbocycles. The molecule has 21 heavy (non-hydrogen) atoms. The summed E-state index contributed by atoms with van der Waals surface area (Å²) >= 11 is 5.11. The van der Waals surface area contributed by atoms with E-state index in [0.29, 0.717) is 0 Å². The van der Waals surface area contributed by atoms with Crippen LogP contribution in [0.5, 0.6) is 5.75 Å². The molecule has 0 fully saturated rings. The fraction of sp³-hybridized carbons (Fsp3) is 0.294. The van der Waals surface area contributed by atoms with Gasteiger partial charge in [0.25, 0.3) is 0 Å². The third-order valence-corrected chi connectivity index (χ3v) is 4.87. The molecule has 112 valence electrons. The Morgan fingerprint density at radius 3 is 2.38 bits per heavy atom. The molecule has 0 saturated heterocycles. The summed E-state index contributed by atoms with van der Waals surface area (Å²) in [5, 5.41) is 10.1. The van der Waals surface area contributed by atoms with E-state index in [2.05, 4.69) is 28.1 Å². The van der Waals surface area contributed by atoms with E-state index in [1.807, 2.05) is 36.4 Å². The van der Waals surface area contributed by atoms with Gasteiger partial charge in [0, 0.05) is 15.1 Å². The van der Waals surface area contributed by atoms with Crippen molar-refractivity contribution < 1.29 is 9.84 Å². The number of rotatable bonds is 7. The van der Waals surface area contributed by atoms with Crippen LogP contribution in [0.2, 0.25) is 0 Å². The molecule has 0 bridgehead atoms. The fourth-order valence-corrected chi connectivity index (χ4v) is 3.08. The first kappa shape index (κ1) is 16.4. The Hall–Kier alpha value is -0.970. The minimum Gasteiger partial charge on any atom is -0.497 e. The van der Waals surface area contributed by atoms with Crippen LogP contribution < -0.4 is 4.74 Å². The third-order valence-electron chi connectivity index (χ3n) is 3.18. The van der Waals surface area contributed by atoms with Crippen molar-refractivity contribution in [1.29, 1.82) is 0 Å². The first-order valence-corrected chi connectivity index (χ1v) is 8.64. The number of aliphatic hydroxyl groups excluding tert-OH is 1. The van der Waals surface area contributed by atoms with E-state index >= 15 is 0 Å². The van der Waals surface area contributed by atoms with E-state index in [1.165, 1.54) is 10.5 Å². The first-order valence-electron chi connectivity index (χ1n) is 6.87. The van der Waals surface area contributed by atoms with Gasteiger partial charge in [0.1, 0.15) is 5.75 Å². The van der Waals surface area contributed by atoms with Crippen LogP contribution in [0.4, 0.5) is 0 Å². The molecule has 0 radical (unpaired) electrons. The summed E-state index contributed by atoms with van der Waals surface area (Å²) in [7, 11) is 1.66. The SMILES string of the molecule is COc1ccc(CCC(O)CSc2ccc(Br)cc2)cc1. The lowest BCUT2D eigenvalue weighted by molar-refractivity contribution is 0.189. The molecule has 1 N–H and O–H groups in total. The van der Waals surface area contributed by atoms with Gasteiger partial charge in [0.2, 0.25) is 0 Å². The van der Waals surface area contributed by atoms with E-state index in [0.717, 1.165) is 28.8 Å². The third kappa shape index (κ3) is 5.73. The highest BCUT2D eigenvalue weighted by Gasteiger charge is 2.06. The Kier molecular flexibility index (Phi) is 6.61. The maximum absolute atomic E-state index is 10.1. The van der Waals surface area contributed by atoms with Crippen LogP contribution in [0.15, 0.2) is 57.9 Å². The van der Waals surface area contributed by atoms with Crippen molar-refractivity contribution in [3.8, 4) is 5.75 Å². The van der Waals surface area contributed by atoms with Gasteiger partial charge in [0.05, 0.1) is 13.2 Å². The molecule has 2 nitrogen and oxygen atoms in total. The van der Waals surface area contributed by atoms with E-state index in [1.54, 1.807) is 18.9 Å². The lowest BCUT2D eigenvalue weighted by Crippen LogP contribution is -2.11. The number of hydrogen-bond acceptors (Lipinski definition) is 3. The van der Waals surface area contributed by atoms with Crippen LogP contribution in [0, 0.1) is 0 Å². The lowest BCUT2D eigenvalue weighted by Gasteiger charge is -2.10. The van der Waals surface area contributed by atoms with Gasteiger partial charge < -0.3 is 9.84 Å². The number of ether oxygens (including phenoxy) is 1. The quantitative estimate of drug-likeness (QED) is 0.729. The topological polar surface area (TPSA) is 29.5 Å². The average Bonchev–Trinajstić information content (AvgIpc) is 2.53. The zero-order chi connectivity index (χ0) is 15.1. The van der Waals surface area contributed by atoms with Gasteiger partial charge >= 0.3 is 0 Å². The van der Waals surface area contributed by atoms with Crippen molar-refractivity contribution >= 4 is 27.7 Å². The zero-order valence-corrected chi connectivity index (χ0v) is 14.4. The molecule has 0 aromatic heterocycles. The molecule has 0 heterocycles. The second-order valence-corrected chi connectivity index (χ2v) is 6.81. The van der Waals surface area contributed by atoms with Gasteiger partial charge in [0.15, 0.2) is 0 Å². The van der Waals surface area contributed by atoms with Gasteiger partial charge in [-0.1, -0.05) is 28.1 Å². The van der Waals surface area contributed by atoms with Crippen molar-refractivity contribution in [3.05, 3.63) is 58.6 Å². The maximum Gasteiger partial charge on any atom is 0.118 e. The Balaban J connectivity index is 1.73. The largest absolute Gasteiger partial charge is 0.497 e. The molecule has 0 aliphatic rings. The molecule has 1 atom stereocenters. The molecular weight excluding hydrogens is 348 g/mol. The van der Waals surface area contributed by atoms with Crippen LogP contribution in [-0.2, 0) is 6.42 Å². The molecule has 0 aliphatic heterocycles. The molecule has 2 rings (SSSR count). The Labute approximate surface area is 138 Å². The highest BCUT2D eigenvalue weighted by Crippen LogP contribution is 2.22. The smallest absolute Gasteiger partial charge is 0.118 e. The average molecular weight is 367 g/mol.